The lowest BCUT2D eigenvalue weighted by molar-refractivity contribution is 0.103. The first-order chi connectivity index (χ1) is 6.76. The molecule has 0 aromatic carbocycles. The molecule has 0 spiro atoms. The van der Waals surface area contributed by atoms with E-state index in [9.17, 15) is 5.11 Å². The van der Waals surface area contributed by atoms with E-state index in [1.54, 1.807) is 0 Å². The molecule has 0 bridgehead atoms. The highest BCUT2D eigenvalue weighted by atomic mass is 16.3. The quantitative estimate of drug-likeness (QED) is 0.589. The lowest BCUT2D eigenvalue weighted by atomic mass is 9.78. The Hall–Kier alpha value is -0.0800. The fourth-order valence-electron chi connectivity index (χ4n) is 2.18. The molecular formula is C12H25NO. The lowest BCUT2D eigenvalue weighted by Gasteiger charge is -2.30. The molecule has 1 aliphatic carbocycles. The maximum atomic E-state index is 9.47. The van der Waals surface area contributed by atoms with Gasteiger partial charge in [0.1, 0.15) is 0 Å². The van der Waals surface area contributed by atoms with Gasteiger partial charge in [-0.1, -0.05) is 39.0 Å². The summed E-state index contributed by atoms with van der Waals surface area (Å²) in [5.41, 5.74) is 5.87. The average Bonchev–Trinajstić information content (AvgIpc) is 3.00. The van der Waals surface area contributed by atoms with E-state index in [-0.39, 0.29) is 12.0 Å². The van der Waals surface area contributed by atoms with Crippen molar-refractivity contribution < 1.29 is 5.11 Å². The Morgan fingerprint density at radius 2 is 2.07 bits per heavy atom. The van der Waals surface area contributed by atoms with Crippen LogP contribution in [0.3, 0.4) is 0 Å². The van der Waals surface area contributed by atoms with Crippen LogP contribution in [0, 0.1) is 11.3 Å². The summed E-state index contributed by atoms with van der Waals surface area (Å²) in [7, 11) is 0. The minimum absolute atomic E-state index is 0.0519. The Kier molecular flexibility index (Phi) is 4.90. The number of aliphatic hydroxyl groups is 1. The van der Waals surface area contributed by atoms with Crippen LogP contribution in [-0.4, -0.2) is 18.3 Å². The van der Waals surface area contributed by atoms with Crippen molar-refractivity contribution in [1.29, 1.82) is 0 Å². The Labute approximate surface area is 87.9 Å². The Morgan fingerprint density at radius 3 is 2.50 bits per heavy atom. The molecule has 3 N–H and O–H groups in total. The third-order valence-corrected chi connectivity index (χ3v) is 3.50. The van der Waals surface area contributed by atoms with Gasteiger partial charge in [-0.05, 0) is 18.8 Å². The second-order valence-corrected chi connectivity index (χ2v) is 4.97. The molecule has 0 heterocycles. The standard InChI is InChI=1S/C12H25NO/c1-2-3-4-7-12(9-13,10-14)8-11-5-6-11/h11,14H,2-10,13H2,1H3. The zero-order valence-corrected chi connectivity index (χ0v) is 9.47. The molecule has 0 radical (unpaired) electrons. The van der Waals surface area contributed by atoms with Crippen LogP contribution in [0.4, 0.5) is 0 Å². The molecule has 1 unspecified atom stereocenters. The van der Waals surface area contributed by atoms with E-state index in [4.69, 9.17) is 5.73 Å². The number of unbranched alkanes of at least 4 members (excludes halogenated alkanes) is 2. The molecule has 0 aliphatic heterocycles. The van der Waals surface area contributed by atoms with Crippen molar-refractivity contribution in [3.8, 4) is 0 Å². The number of rotatable bonds is 8. The molecule has 2 heteroatoms. The second-order valence-electron chi connectivity index (χ2n) is 4.97. The Bertz CT molecular complexity index is 150. The van der Waals surface area contributed by atoms with Gasteiger partial charge in [0.05, 0.1) is 0 Å². The molecule has 0 aromatic heterocycles. The van der Waals surface area contributed by atoms with Crippen LogP contribution in [0.15, 0.2) is 0 Å². The summed E-state index contributed by atoms with van der Waals surface area (Å²) in [6.45, 7) is 3.15. The molecule has 1 rings (SSSR count). The Morgan fingerprint density at radius 1 is 1.36 bits per heavy atom. The van der Waals surface area contributed by atoms with Gasteiger partial charge in [0.25, 0.3) is 0 Å². The van der Waals surface area contributed by atoms with Gasteiger partial charge in [-0.2, -0.15) is 0 Å². The molecule has 1 fully saturated rings. The first-order valence-electron chi connectivity index (χ1n) is 6.07. The third-order valence-electron chi connectivity index (χ3n) is 3.50. The van der Waals surface area contributed by atoms with Crippen molar-refractivity contribution in [3.05, 3.63) is 0 Å². The van der Waals surface area contributed by atoms with E-state index in [2.05, 4.69) is 6.92 Å². The van der Waals surface area contributed by atoms with E-state index in [0.29, 0.717) is 6.54 Å². The zero-order valence-electron chi connectivity index (χ0n) is 9.47. The number of aliphatic hydroxyl groups excluding tert-OH is 1. The van der Waals surface area contributed by atoms with Gasteiger partial charge in [0, 0.05) is 18.6 Å². The van der Waals surface area contributed by atoms with Crippen molar-refractivity contribution in [2.24, 2.45) is 17.1 Å². The number of nitrogens with two attached hydrogens (primary N) is 1. The minimum Gasteiger partial charge on any atom is -0.396 e. The normalized spacial score (nSPS) is 20.8. The zero-order chi connectivity index (χ0) is 10.4. The molecule has 2 nitrogen and oxygen atoms in total. The number of hydrogen-bond donors (Lipinski definition) is 2. The summed E-state index contributed by atoms with van der Waals surface area (Å²) in [5, 5.41) is 9.47. The monoisotopic (exact) mass is 199 g/mol. The van der Waals surface area contributed by atoms with Crippen LogP contribution in [0.5, 0.6) is 0 Å². The summed E-state index contributed by atoms with van der Waals surface area (Å²) < 4.78 is 0. The van der Waals surface area contributed by atoms with Crippen LogP contribution in [0.2, 0.25) is 0 Å². The fourth-order valence-corrected chi connectivity index (χ4v) is 2.18. The van der Waals surface area contributed by atoms with Gasteiger partial charge in [-0.15, -0.1) is 0 Å². The van der Waals surface area contributed by atoms with Crippen LogP contribution < -0.4 is 5.73 Å². The third kappa shape index (κ3) is 3.58. The summed E-state index contributed by atoms with van der Waals surface area (Å²) in [6.07, 6.45) is 8.72. The van der Waals surface area contributed by atoms with E-state index < -0.39 is 0 Å². The van der Waals surface area contributed by atoms with Gasteiger partial charge in [0.2, 0.25) is 0 Å². The first kappa shape index (κ1) is 12.0. The maximum Gasteiger partial charge on any atom is 0.0499 e. The Balaban J connectivity index is 2.32. The fraction of sp³-hybridized carbons (Fsp3) is 1.00. The van der Waals surface area contributed by atoms with E-state index in [1.807, 2.05) is 0 Å². The lowest BCUT2D eigenvalue weighted by Crippen LogP contribution is -2.34. The molecule has 1 aliphatic rings. The van der Waals surface area contributed by atoms with Crippen molar-refractivity contribution in [2.75, 3.05) is 13.2 Å². The molecule has 0 aromatic rings. The van der Waals surface area contributed by atoms with Gasteiger partial charge in [0.15, 0.2) is 0 Å². The van der Waals surface area contributed by atoms with E-state index >= 15 is 0 Å². The summed E-state index contributed by atoms with van der Waals surface area (Å²) in [6, 6.07) is 0. The second kappa shape index (κ2) is 5.72. The van der Waals surface area contributed by atoms with Gasteiger partial charge in [-0.3, -0.25) is 0 Å². The molecular weight excluding hydrogens is 174 g/mol. The minimum atomic E-state index is 0.0519. The van der Waals surface area contributed by atoms with Crippen LogP contribution >= 0.6 is 0 Å². The molecule has 14 heavy (non-hydrogen) atoms. The predicted molar refractivity (Wildman–Crippen MR) is 60.1 cm³/mol. The van der Waals surface area contributed by atoms with Crippen LogP contribution in [0.1, 0.15) is 51.9 Å². The predicted octanol–water partition coefficient (Wildman–Crippen LogP) is 2.30. The van der Waals surface area contributed by atoms with Crippen molar-refractivity contribution in [3.63, 3.8) is 0 Å². The topological polar surface area (TPSA) is 46.2 Å². The van der Waals surface area contributed by atoms with Crippen molar-refractivity contribution in [1.82, 2.24) is 0 Å². The van der Waals surface area contributed by atoms with Crippen LogP contribution in [0.25, 0.3) is 0 Å². The van der Waals surface area contributed by atoms with E-state index in [1.165, 1.54) is 32.1 Å². The molecule has 0 amide bonds. The molecule has 0 saturated heterocycles. The smallest absolute Gasteiger partial charge is 0.0499 e. The maximum absolute atomic E-state index is 9.47. The highest BCUT2D eigenvalue weighted by Crippen LogP contribution is 2.42. The average molecular weight is 199 g/mol. The molecule has 84 valence electrons. The summed E-state index contributed by atoms with van der Waals surface area (Å²) in [4.78, 5) is 0. The summed E-state index contributed by atoms with van der Waals surface area (Å²) >= 11 is 0. The van der Waals surface area contributed by atoms with Gasteiger partial charge < -0.3 is 10.8 Å². The molecule has 1 saturated carbocycles. The molecule has 1 atom stereocenters. The highest BCUT2D eigenvalue weighted by molar-refractivity contribution is 4.87. The van der Waals surface area contributed by atoms with Gasteiger partial charge >= 0.3 is 0 Å². The van der Waals surface area contributed by atoms with Crippen molar-refractivity contribution >= 4 is 0 Å². The van der Waals surface area contributed by atoms with Crippen LogP contribution in [-0.2, 0) is 0 Å². The van der Waals surface area contributed by atoms with Crippen molar-refractivity contribution in [2.45, 2.75) is 51.9 Å². The largest absolute Gasteiger partial charge is 0.396 e. The van der Waals surface area contributed by atoms with E-state index in [0.717, 1.165) is 18.8 Å². The summed E-state index contributed by atoms with van der Waals surface area (Å²) in [5.74, 6) is 0.868. The highest BCUT2D eigenvalue weighted by Gasteiger charge is 2.34. The van der Waals surface area contributed by atoms with Gasteiger partial charge in [-0.25, -0.2) is 0 Å². The SMILES string of the molecule is CCCCCC(CN)(CO)CC1CC1. The number of hydrogen-bond acceptors (Lipinski definition) is 2. The first-order valence-corrected chi connectivity index (χ1v) is 6.07.